The zero-order chi connectivity index (χ0) is 22.5. The van der Waals surface area contributed by atoms with Crippen LogP contribution < -0.4 is 15.5 Å². The molecule has 6 nitrogen and oxygen atoms in total. The van der Waals surface area contributed by atoms with Gasteiger partial charge < -0.3 is 20.4 Å². The van der Waals surface area contributed by atoms with Crippen LogP contribution in [0, 0.1) is 0 Å². The normalized spacial score (nSPS) is 14.0. The maximum Gasteiger partial charge on any atom is 0.258 e. The Labute approximate surface area is 188 Å². The maximum absolute atomic E-state index is 12.9. The van der Waals surface area contributed by atoms with E-state index >= 15 is 0 Å². The SMILES string of the molecule is CN(C)CCN(C=O)c1ccc(N/C(=C2\C(=O)Nc3ccccc32)c2ccccc2)cc1. The highest BCUT2D eigenvalue weighted by Gasteiger charge is 2.28. The number of rotatable bonds is 8. The number of fused-ring (bicyclic) bond motifs is 1. The first-order chi connectivity index (χ1) is 15.6. The van der Waals surface area contributed by atoms with E-state index in [0.717, 1.165) is 46.8 Å². The predicted molar refractivity (Wildman–Crippen MR) is 130 cm³/mol. The number of hydrogen-bond donors (Lipinski definition) is 2. The van der Waals surface area contributed by atoms with Crippen molar-refractivity contribution in [1.29, 1.82) is 0 Å². The molecule has 0 bridgehead atoms. The second-order valence-corrected chi connectivity index (χ2v) is 7.89. The summed E-state index contributed by atoms with van der Waals surface area (Å²) in [5.41, 5.74) is 5.59. The van der Waals surface area contributed by atoms with E-state index in [9.17, 15) is 9.59 Å². The molecule has 0 saturated heterocycles. The fourth-order valence-electron chi connectivity index (χ4n) is 3.68. The molecule has 3 aromatic rings. The standard InChI is InChI=1S/C26H26N4O2/c1-29(2)16-17-30(18-31)21-14-12-20(13-15-21)27-25(19-8-4-3-5-9-19)24-22-10-6-7-11-23(22)28-26(24)32/h3-15,18,27H,16-17H2,1-2H3,(H,28,32)/b25-24-. The van der Waals surface area contributed by atoms with E-state index in [0.29, 0.717) is 12.1 Å². The van der Waals surface area contributed by atoms with Crippen molar-refractivity contribution in [2.75, 3.05) is 42.7 Å². The van der Waals surface area contributed by atoms with Crippen molar-refractivity contribution in [2.45, 2.75) is 0 Å². The molecule has 1 heterocycles. The average molecular weight is 427 g/mol. The summed E-state index contributed by atoms with van der Waals surface area (Å²) in [6, 6.07) is 25.1. The number of anilines is 3. The topological polar surface area (TPSA) is 64.7 Å². The lowest BCUT2D eigenvalue weighted by molar-refractivity contribution is -0.111. The van der Waals surface area contributed by atoms with Crippen LogP contribution in [0.3, 0.4) is 0 Å². The summed E-state index contributed by atoms with van der Waals surface area (Å²) in [5.74, 6) is -0.134. The van der Waals surface area contributed by atoms with E-state index in [4.69, 9.17) is 0 Å². The average Bonchev–Trinajstić information content (AvgIpc) is 3.14. The molecule has 0 aromatic heterocycles. The lowest BCUT2D eigenvalue weighted by atomic mass is 10.00. The number of hydrogen-bond acceptors (Lipinski definition) is 4. The molecular weight excluding hydrogens is 400 g/mol. The van der Waals surface area contributed by atoms with Gasteiger partial charge in [-0.25, -0.2) is 0 Å². The predicted octanol–water partition coefficient (Wildman–Crippen LogP) is 4.14. The van der Waals surface area contributed by atoms with Crippen LogP contribution in [-0.2, 0) is 9.59 Å². The van der Waals surface area contributed by atoms with Gasteiger partial charge in [0.25, 0.3) is 5.91 Å². The molecule has 4 rings (SSSR count). The third-order valence-corrected chi connectivity index (χ3v) is 5.37. The summed E-state index contributed by atoms with van der Waals surface area (Å²) in [5, 5.41) is 6.40. The fourth-order valence-corrected chi connectivity index (χ4v) is 3.68. The van der Waals surface area contributed by atoms with Gasteiger partial charge in [0.15, 0.2) is 0 Å². The summed E-state index contributed by atoms with van der Waals surface area (Å²) in [6.45, 7) is 1.39. The highest BCUT2D eigenvalue weighted by atomic mass is 16.2. The highest BCUT2D eigenvalue weighted by Crippen LogP contribution is 2.37. The van der Waals surface area contributed by atoms with Crippen LogP contribution in [0.4, 0.5) is 17.1 Å². The van der Waals surface area contributed by atoms with Gasteiger partial charge in [-0.2, -0.15) is 0 Å². The van der Waals surface area contributed by atoms with Gasteiger partial charge in [0.05, 0.1) is 11.3 Å². The van der Waals surface area contributed by atoms with Crippen LogP contribution in [0.2, 0.25) is 0 Å². The summed E-state index contributed by atoms with van der Waals surface area (Å²) in [7, 11) is 3.96. The van der Waals surface area contributed by atoms with Crippen molar-refractivity contribution in [1.82, 2.24) is 4.90 Å². The Hall–Kier alpha value is -3.90. The molecular formula is C26H26N4O2. The van der Waals surface area contributed by atoms with E-state index < -0.39 is 0 Å². The number of likely N-dealkylation sites (N-methyl/N-ethyl adjacent to an activating group) is 1. The summed E-state index contributed by atoms with van der Waals surface area (Å²) < 4.78 is 0. The fraction of sp³-hybridized carbons (Fsp3) is 0.154. The molecule has 2 amide bonds. The molecule has 1 aliphatic rings. The van der Waals surface area contributed by atoms with Gasteiger partial charge in [-0.3, -0.25) is 9.59 Å². The lowest BCUT2D eigenvalue weighted by Gasteiger charge is -2.20. The van der Waals surface area contributed by atoms with Crippen LogP contribution in [0.25, 0.3) is 11.3 Å². The Kier molecular flexibility index (Phi) is 6.33. The number of nitrogens with zero attached hydrogens (tertiary/aromatic N) is 2. The van der Waals surface area contributed by atoms with Crippen LogP contribution >= 0.6 is 0 Å². The van der Waals surface area contributed by atoms with Crippen LogP contribution in [0.15, 0.2) is 78.9 Å². The zero-order valence-corrected chi connectivity index (χ0v) is 18.2. The van der Waals surface area contributed by atoms with E-state index in [2.05, 4.69) is 10.6 Å². The first-order valence-electron chi connectivity index (χ1n) is 10.5. The number of amides is 2. The van der Waals surface area contributed by atoms with E-state index in [1.165, 1.54) is 0 Å². The van der Waals surface area contributed by atoms with Crippen LogP contribution in [-0.4, -0.2) is 44.4 Å². The van der Waals surface area contributed by atoms with Gasteiger partial charge in [0.2, 0.25) is 6.41 Å². The molecule has 0 unspecified atom stereocenters. The Balaban J connectivity index is 1.68. The second kappa shape index (κ2) is 9.49. The van der Waals surface area contributed by atoms with Crippen molar-refractivity contribution in [3.8, 4) is 0 Å². The number of para-hydroxylation sites is 1. The number of benzene rings is 3. The highest BCUT2D eigenvalue weighted by molar-refractivity contribution is 6.37. The largest absolute Gasteiger partial charge is 0.354 e. The quantitative estimate of drug-likeness (QED) is 0.420. The number of nitrogens with one attached hydrogen (secondary N) is 2. The van der Waals surface area contributed by atoms with Gasteiger partial charge in [0, 0.05) is 35.7 Å². The van der Waals surface area contributed by atoms with Crippen molar-refractivity contribution in [3.05, 3.63) is 90.0 Å². The summed E-state index contributed by atoms with van der Waals surface area (Å²) >= 11 is 0. The van der Waals surface area contributed by atoms with Crippen molar-refractivity contribution in [3.63, 3.8) is 0 Å². The minimum absolute atomic E-state index is 0.134. The molecule has 0 fully saturated rings. The third-order valence-electron chi connectivity index (χ3n) is 5.37. The maximum atomic E-state index is 12.9. The molecule has 0 saturated carbocycles. The van der Waals surface area contributed by atoms with Gasteiger partial charge in [0.1, 0.15) is 0 Å². The van der Waals surface area contributed by atoms with Gasteiger partial charge in [-0.1, -0.05) is 48.5 Å². The Morgan fingerprint density at radius 3 is 2.28 bits per heavy atom. The Morgan fingerprint density at radius 1 is 0.906 bits per heavy atom. The first-order valence-corrected chi connectivity index (χ1v) is 10.5. The minimum Gasteiger partial charge on any atom is -0.354 e. The van der Waals surface area contributed by atoms with E-state index in [-0.39, 0.29) is 5.91 Å². The molecule has 0 aliphatic carbocycles. The van der Waals surface area contributed by atoms with Gasteiger partial charge >= 0.3 is 0 Å². The molecule has 32 heavy (non-hydrogen) atoms. The van der Waals surface area contributed by atoms with Crippen molar-refractivity contribution >= 4 is 40.6 Å². The molecule has 162 valence electrons. The number of carbonyl (C=O) groups excluding carboxylic acids is 2. The van der Waals surface area contributed by atoms with Gasteiger partial charge in [-0.05, 0) is 50.0 Å². The van der Waals surface area contributed by atoms with Crippen LogP contribution in [0.1, 0.15) is 11.1 Å². The zero-order valence-electron chi connectivity index (χ0n) is 18.2. The molecule has 0 spiro atoms. The van der Waals surface area contributed by atoms with Crippen molar-refractivity contribution < 1.29 is 9.59 Å². The first kappa shape index (κ1) is 21.3. The Morgan fingerprint density at radius 2 is 1.59 bits per heavy atom. The van der Waals surface area contributed by atoms with Gasteiger partial charge in [-0.15, -0.1) is 0 Å². The molecule has 0 atom stereocenters. The molecule has 0 radical (unpaired) electrons. The van der Waals surface area contributed by atoms with Crippen molar-refractivity contribution in [2.24, 2.45) is 0 Å². The minimum atomic E-state index is -0.134. The molecule has 6 heteroatoms. The monoisotopic (exact) mass is 426 g/mol. The third kappa shape index (κ3) is 4.55. The molecule has 2 N–H and O–H groups in total. The van der Waals surface area contributed by atoms with E-state index in [1.54, 1.807) is 4.90 Å². The van der Waals surface area contributed by atoms with Crippen LogP contribution in [0.5, 0.6) is 0 Å². The summed E-state index contributed by atoms with van der Waals surface area (Å²) in [4.78, 5) is 28.1. The lowest BCUT2D eigenvalue weighted by Crippen LogP contribution is -2.30. The molecule has 3 aromatic carbocycles. The second-order valence-electron chi connectivity index (χ2n) is 7.89. The smallest absolute Gasteiger partial charge is 0.258 e. The van der Waals surface area contributed by atoms with E-state index in [1.807, 2.05) is 97.9 Å². The number of carbonyl (C=O) groups is 2. The summed E-state index contributed by atoms with van der Waals surface area (Å²) in [6.07, 6.45) is 0.850. The Bertz CT molecular complexity index is 1140. The molecule has 1 aliphatic heterocycles.